The average molecular weight is 160 g/mol. The molecule has 0 fully saturated rings. The molecule has 9 heteroatoms. The van der Waals surface area contributed by atoms with Crippen molar-refractivity contribution >= 4 is 11.9 Å². The largest absolute Gasteiger partial charge is 0.547 e. The second kappa shape index (κ2) is 2.28. The van der Waals surface area contributed by atoms with E-state index in [2.05, 4.69) is 15.2 Å². The number of nitrogens with zero attached hydrogens (tertiary/aromatic N) is 5. The fourth-order valence-electron chi connectivity index (χ4n) is 0.386. The van der Waals surface area contributed by atoms with Gasteiger partial charge in [0.05, 0.1) is 0 Å². The lowest BCUT2D eigenvalue weighted by Crippen LogP contribution is -2.10. The predicted molar refractivity (Wildman–Crippen MR) is 28.1 cm³/mol. The van der Waals surface area contributed by atoms with Gasteiger partial charge in [0.25, 0.3) is 0 Å². The van der Waals surface area contributed by atoms with Crippen molar-refractivity contribution in [2.24, 2.45) is 15.2 Å². The van der Waals surface area contributed by atoms with E-state index in [0.717, 1.165) is 0 Å². The van der Waals surface area contributed by atoms with Gasteiger partial charge in [0.2, 0.25) is 0 Å². The number of rotatable bonds is 0. The van der Waals surface area contributed by atoms with Crippen LogP contribution in [0.15, 0.2) is 15.2 Å². The van der Waals surface area contributed by atoms with Crippen LogP contribution in [0.3, 0.4) is 0 Å². The molecule has 1 heterocycles. The molecule has 0 saturated carbocycles. The molecule has 0 aromatic carbocycles. The van der Waals surface area contributed by atoms with Gasteiger partial charge in [-0.15, -0.1) is 0 Å². The van der Waals surface area contributed by atoms with Crippen molar-refractivity contribution in [2.75, 3.05) is 0 Å². The Bertz CT molecular complexity index is 285. The van der Waals surface area contributed by atoms with Crippen molar-refractivity contribution in [3.63, 3.8) is 0 Å². The summed E-state index contributed by atoms with van der Waals surface area (Å²) in [6.07, 6.45) is 0. The zero-order valence-corrected chi connectivity index (χ0v) is 4.95. The SMILES string of the molecule is O=[N+]([O-])C1=NC(=[N+](O)O)N=N1. The number of hydrogen-bond acceptors (Lipinski definition) is 5. The van der Waals surface area contributed by atoms with Gasteiger partial charge in [0.1, 0.15) is 15.1 Å². The highest BCUT2D eigenvalue weighted by molar-refractivity contribution is 5.93. The van der Waals surface area contributed by atoms with E-state index in [-0.39, 0.29) is 0 Å². The molecule has 0 aromatic heterocycles. The summed E-state index contributed by atoms with van der Waals surface area (Å²) in [6, 6.07) is 0. The first-order valence-electron chi connectivity index (χ1n) is 2.31. The van der Waals surface area contributed by atoms with Crippen LogP contribution in [-0.4, -0.2) is 32.2 Å². The minimum Gasteiger partial charge on any atom is -0.390 e. The van der Waals surface area contributed by atoms with Gasteiger partial charge in [-0.3, -0.25) is 0 Å². The molecule has 1 aliphatic heterocycles. The van der Waals surface area contributed by atoms with Crippen LogP contribution in [0.2, 0.25) is 0 Å². The summed E-state index contributed by atoms with van der Waals surface area (Å²) < 4.78 is 0. The molecular weight excluding hydrogens is 158 g/mol. The molecule has 11 heavy (non-hydrogen) atoms. The Balaban J connectivity index is 2.97. The maximum atomic E-state index is 9.90. The van der Waals surface area contributed by atoms with Gasteiger partial charge >= 0.3 is 11.9 Å². The monoisotopic (exact) mass is 160 g/mol. The van der Waals surface area contributed by atoms with Crippen LogP contribution in [0.1, 0.15) is 0 Å². The van der Waals surface area contributed by atoms with Crippen LogP contribution in [0.25, 0.3) is 0 Å². The van der Waals surface area contributed by atoms with E-state index in [0.29, 0.717) is 0 Å². The summed E-state index contributed by atoms with van der Waals surface area (Å²) in [5.41, 5.74) is 0. The van der Waals surface area contributed by atoms with Crippen molar-refractivity contribution < 1.29 is 20.2 Å². The highest BCUT2D eigenvalue weighted by Crippen LogP contribution is 1.97. The van der Waals surface area contributed by atoms with Gasteiger partial charge in [-0.25, -0.2) is 0 Å². The maximum absolute atomic E-state index is 9.90. The molecule has 9 nitrogen and oxygen atoms in total. The standard InChI is InChI=1S/C2H2N5O4/c8-6(9)1-3-2(5-4-1)7(10)11/h8-9H/q+1. The second-order valence-electron chi connectivity index (χ2n) is 1.46. The number of nitro groups is 1. The van der Waals surface area contributed by atoms with Crippen LogP contribution in [0.5, 0.6) is 0 Å². The molecule has 0 amide bonds. The van der Waals surface area contributed by atoms with Gasteiger partial charge in [0, 0.05) is 4.99 Å². The molecule has 0 saturated heterocycles. The van der Waals surface area contributed by atoms with Crippen molar-refractivity contribution in [3.8, 4) is 0 Å². The van der Waals surface area contributed by atoms with Gasteiger partial charge in [-0.05, 0) is 4.92 Å². The normalized spacial score (nSPS) is 14.9. The summed E-state index contributed by atoms with van der Waals surface area (Å²) in [5, 5.41) is 32.2. The molecule has 0 radical (unpaired) electrons. The zero-order valence-electron chi connectivity index (χ0n) is 4.95. The molecule has 0 bridgehead atoms. The average Bonchev–Trinajstić information content (AvgIpc) is 2.33. The number of aliphatic imine (C=N–C) groups is 1. The molecule has 0 aliphatic carbocycles. The molecule has 0 aromatic rings. The molecule has 1 rings (SSSR count). The molecule has 0 atom stereocenters. The van der Waals surface area contributed by atoms with E-state index in [9.17, 15) is 10.1 Å². The summed E-state index contributed by atoms with van der Waals surface area (Å²) in [5.74, 6) is -1.43. The van der Waals surface area contributed by atoms with E-state index in [1.165, 1.54) is 0 Å². The molecule has 2 N–H and O–H groups in total. The summed E-state index contributed by atoms with van der Waals surface area (Å²) in [7, 11) is 0. The van der Waals surface area contributed by atoms with Crippen LogP contribution in [0.4, 0.5) is 0 Å². The number of hydrogen-bond donors (Lipinski definition) is 2. The Morgan fingerprint density at radius 1 is 1.36 bits per heavy atom. The van der Waals surface area contributed by atoms with Crippen LogP contribution >= 0.6 is 0 Å². The minimum absolute atomic E-state index is 0.458. The maximum Gasteiger partial charge on any atom is 0.547 e. The van der Waals surface area contributed by atoms with Crippen LogP contribution in [0, 0.1) is 10.1 Å². The van der Waals surface area contributed by atoms with Crippen LogP contribution in [-0.2, 0) is 0 Å². The van der Waals surface area contributed by atoms with Gasteiger partial charge in [-0.1, -0.05) is 0 Å². The highest BCUT2D eigenvalue weighted by Gasteiger charge is 2.31. The Morgan fingerprint density at radius 2 is 2.00 bits per heavy atom. The zero-order chi connectivity index (χ0) is 8.43. The Labute approximate surface area is 58.7 Å². The predicted octanol–water partition coefficient (Wildman–Crippen LogP) is -0.768. The van der Waals surface area contributed by atoms with E-state index >= 15 is 0 Å². The van der Waals surface area contributed by atoms with E-state index in [1.807, 2.05) is 0 Å². The summed E-state index contributed by atoms with van der Waals surface area (Å²) in [6.45, 7) is 0. The summed E-state index contributed by atoms with van der Waals surface area (Å²) in [4.78, 5) is 11.5. The molecule has 0 spiro atoms. The van der Waals surface area contributed by atoms with Gasteiger partial charge in [0.15, 0.2) is 0 Å². The van der Waals surface area contributed by atoms with Crippen molar-refractivity contribution in [2.45, 2.75) is 0 Å². The van der Waals surface area contributed by atoms with Crippen molar-refractivity contribution in [1.82, 2.24) is 0 Å². The number of guanidine groups is 2. The van der Waals surface area contributed by atoms with Gasteiger partial charge in [-0.2, -0.15) is 0 Å². The van der Waals surface area contributed by atoms with Crippen molar-refractivity contribution in [3.05, 3.63) is 10.1 Å². The van der Waals surface area contributed by atoms with Crippen molar-refractivity contribution in [1.29, 1.82) is 0 Å². The first kappa shape index (κ1) is 7.05. The van der Waals surface area contributed by atoms with E-state index in [1.54, 1.807) is 0 Å². The molecule has 58 valence electrons. The molecular formula is C2H2N5O4+. The Morgan fingerprint density at radius 3 is 2.27 bits per heavy atom. The summed E-state index contributed by atoms with van der Waals surface area (Å²) >= 11 is 0. The third-order valence-electron chi connectivity index (χ3n) is 0.771. The molecule has 1 aliphatic rings. The fraction of sp³-hybridized carbons (Fsp3) is 0. The second-order valence-corrected chi connectivity index (χ2v) is 1.46. The first-order chi connectivity index (χ1) is 5.11. The lowest BCUT2D eigenvalue weighted by Gasteiger charge is -1.82. The molecule has 0 unspecified atom stereocenters. The quantitative estimate of drug-likeness (QED) is 0.274. The van der Waals surface area contributed by atoms with E-state index in [4.69, 9.17) is 10.4 Å². The highest BCUT2D eigenvalue weighted by atomic mass is 16.8. The number of azo groups is 1. The smallest absolute Gasteiger partial charge is 0.390 e. The lowest BCUT2D eigenvalue weighted by molar-refractivity contribution is -0.956. The topological polar surface area (TPSA) is 124 Å². The third-order valence-corrected chi connectivity index (χ3v) is 0.771. The van der Waals surface area contributed by atoms with Crippen LogP contribution < -0.4 is 0 Å². The Kier molecular flexibility index (Phi) is 1.46. The van der Waals surface area contributed by atoms with E-state index < -0.39 is 21.7 Å². The third kappa shape index (κ3) is 1.26. The van der Waals surface area contributed by atoms with Gasteiger partial charge < -0.3 is 20.5 Å². The first-order valence-corrected chi connectivity index (χ1v) is 2.31. The minimum atomic E-state index is -0.903. The lowest BCUT2D eigenvalue weighted by atomic mass is 11.0. The Hall–Kier alpha value is -2.06. The fourth-order valence-corrected chi connectivity index (χ4v) is 0.386.